The van der Waals surface area contributed by atoms with E-state index >= 15 is 0 Å². The first-order valence-electron chi connectivity index (χ1n) is 45.4. The van der Waals surface area contributed by atoms with Crippen LogP contribution in [0.4, 0.5) is 0 Å². The van der Waals surface area contributed by atoms with Crippen LogP contribution in [-0.4, -0.2) is 0 Å². The van der Waals surface area contributed by atoms with Crippen molar-refractivity contribution in [2.75, 3.05) is 0 Å². The molecular weight excluding hydrogens is 1630 g/mol. The van der Waals surface area contributed by atoms with Crippen LogP contribution in [0.5, 0.6) is 0 Å². The molecule has 4 aromatic heterocycles. The number of hydrogen-bond donors (Lipinski definition) is 0. The Balaban J connectivity index is 0.0000000995. The maximum absolute atomic E-state index is 6.05. The Morgan fingerprint density at radius 1 is 0.167 bits per heavy atom. The van der Waals surface area contributed by atoms with E-state index in [1.54, 1.807) is 0 Å². The van der Waals surface area contributed by atoms with Gasteiger partial charge >= 0.3 is 0 Å². The van der Waals surface area contributed by atoms with Crippen molar-refractivity contribution in [1.29, 1.82) is 0 Å². The lowest BCUT2D eigenvalue weighted by molar-refractivity contribution is 0.661. The van der Waals surface area contributed by atoms with Crippen molar-refractivity contribution in [2.45, 2.75) is 53.9 Å². The lowest BCUT2D eigenvalue weighted by Gasteiger charge is -2.22. The van der Waals surface area contributed by atoms with Gasteiger partial charge in [0.25, 0.3) is 0 Å². The third kappa shape index (κ3) is 17.0. The monoisotopic (exact) mass is 1730 g/mol. The van der Waals surface area contributed by atoms with E-state index in [0.717, 1.165) is 33.1 Å². The van der Waals surface area contributed by atoms with E-state index in [-0.39, 0.29) is 5.41 Å². The molecule has 4 heteroatoms. The minimum atomic E-state index is -0.00381. The third-order valence-corrected chi connectivity index (χ3v) is 28.5. The number of hydrogen-bond acceptors (Lipinski definition) is 4. The van der Waals surface area contributed by atoms with Crippen molar-refractivity contribution < 1.29 is 8.83 Å². The molecule has 20 aromatic carbocycles. The van der Waals surface area contributed by atoms with Crippen LogP contribution in [-0.2, 0) is 5.41 Å². The van der Waals surface area contributed by atoms with Crippen LogP contribution in [0.1, 0.15) is 52.8 Å². The molecule has 1 aliphatic rings. The van der Waals surface area contributed by atoms with Crippen LogP contribution in [0.2, 0.25) is 0 Å². The highest BCUT2D eigenvalue weighted by Crippen LogP contribution is 2.52. The fourth-order valence-electron chi connectivity index (χ4n) is 18.8. The van der Waals surface area contributed by atoms with Gasteiger partial charge in [0, 0.05) is 67.3 Å². The summed E-state index contributed by atoms with van der Waals surface area (Å²) in [7, 11) is 0. The molecule has 0 aliphatic heterocycles. The Kier molecular flexibility index (Phi) is 22.8. The molecule has 25 rings (SSSR count). The Hall–Kier alpha value is -15.6. The number of thiophene rings is 2. The van der Waals surface area contributed by atoms with Crippen molar-refractivity contribution in [3.8, 4) is 122 Å². The normalized spacial score (nSPS) is 11.8. The first-order valence-corrected chi connectivity index (χ1v) is 47.1. The van der Waals surface area contributed by atoms with Gasteiger partial charge in [-0.3, -0.25) is 0 Å². The Morgan fingerprint density at radius 2 is 0.409 bits per heavy atom. The quantitative estimate of drug-likeness (QED) is 0.136. The maximum Gasteiger partial charge on any atom is 0.135 e. The molecule has 0 radical (unpaired) electrons. The van der Waals surface area contributed by atoms with Gasteiger partial charge in [-0.1, -0.05) is 376 Å². The van der Waals surface area contributed by atoms with Gasteiger partial charge in [-0.2, -0.15) is 0 Å². The highest BCUT2D eigenvalue weighted by molar-refractivity contribution is 7.26. The van der Waals surface area contributed by atoms with E-state index in [1.165, 1.54) is 212 Å². The van der Waals surface area contributed by atoms with Crippen molar-refractivity contribution in [3.05, 3.63) is 494 Å². The number of para-hydroxylation sites is 1. The van der Waals surface area contributed by atoms with Crippen LogP contribution >= 0.6 is 22.7 Å². The van der Waals surface area contributed by atoms with Gasteiger partial charge in [-0.15, -0.1) is 22.7 Å². The first-order chi connectivity index (χ1) is 64.7. The largest absolute Gasteiger partial charge is 0.456 e. The molecule has 132 heavy (non-hydrogen) atoms. The van der Waals surface area contributed by atoms with Crippen LogP contribution in [0.3, 0.4) is 0 Å². The summed E-state index contributed by atoms with van der Waals surface area (Å²) >= 11 is 3.74. The zero-order chi connectivity index (χ0) is 89.3. The third-order valence-electron chi connectivity index (χ3n) is 26.2. The summed E-state index contributed by atoms with van der Waals surface area (Å²) < 4.78 is 17.4. The molecule has 0 unspecified atom stereocenters. The van der Waals surface area contributed by atoms with Crippen molar-refractivity contribution in [3.63, 3.8) is 0 Å². The number of aryl methyl sites for hydroxylation is 5. The van der Waals surface area contributed by atoms with Crippen LogP contribution in [0, 0.1) is 34.6 Å². The number of fused-ring (bicyclic) bond motifs is 15. The molecule has 2 nitrogen and oxygen atoms in total. The summed E-state index contributed by atoms with van der Waals surface area (Å²) in [6.07, 6.45) is 0. The van der Waals surface area contributed by atoms with Crippen molar-refractivity contribution in [1.82, 2.24) is 0 Å². The average molecular weight is 1730 g/mol. The molecule has 24 aromatic rings. The predicted octanol–water partition coefficient (Wildman–Crippen LogP) is 37.5. The molecule has 0 atom stereocenters. The molecule has 632 valence electrons. The van der Waals surface area contributed by atoms with Gasteiger partial charge in [-0.25, -0.2) is 0 Å². The highest BCUT2D eigenvalue weighted by atomic mass is 32.1. The minimum Gasteiger partial charge on any atom is -0.456 e. The Labute approximate surface area is 780 Å². The molecule has 0 spiro atoms. The SMILES string of the molecule is Cc1ccc(-c2ccc3c(c2)C(C)(C)c2cc(-c4ccccc4)ccc2-3)cc1.Cc1ccc(-c2ccc3oc4ccc(-c5ccccc5)cc4c3c2)cc1.Cc1ccc(-c2ccc3oc4ccccc4c3c2)cc1-c1ccccc1.Cc1ccc(-c2ccc3sc4ccc(-c5ccccc5)cc4c3c2)cc1.Cc1ccc(-c2ccc3sc4ccccc4c3c2)cc1-c1ccccc1. The van der Waals surface area contributed by atoms with E-state index in [2.05, 4.69) is 485 Å². The van der Waals surface area contributed by atoms with Gasteiger partial charge in [0.15, 0.2) is 0 Å². The van der Waals surface area contributed by atoms with E-state index < -0.39 is 0 Å². The Morgan fingerprint density at radius 3 is 0.788 bits per heavy atom. The predicted molar refractivity (Wildman–Crippen MR) is 568 cm³/mol. The second kappa shape index (κ2) is 36.2. The lowest BCUT2D eigenvalue weighted by Crippen LogP contribution is -2.15. The smallest absolute Gasteiger partial charge is 0.135 e. The molecule has 0 saturated heterocycles. The van der Waals surface area contributed by atoms with Gasteiger partial charge in [0.2, 0.25) is 0 Å². The molecule has 0 bridgehead atoms. The van der Waals surface area contributed by atoms with E-state index in [0.29, 0.717) is 0 Å². The van der Waals surface area contributed by atoms with Crippen LogP contribution < -0.4 is 0 Å². The molecule has 0 amide bonds. The summed E-state index contributed by atoms with van der Waals surface area (Å²) in [6.45, 7) is 15.4. The first kappa shape index (κ1) is 83.4. The van der Waals surface area contributed by atoms with Gasteiger partial charge < -0.3 is 8.83 Å². The molecule has 1 aliphatic carbocycles. The lowest BCUT2D eigenvalue weighted by atomic mass is 9.81. The fourth-order valence-corrected chi connectivity index (χ4v) is 20.9. The highest BCUT2D eigenvalue weighted by Gasteiger charge is 2.36. The zero-order valence-electron chi connectivity index (χ0n) is 74.9. The zero-order valence-corrected chi connectivity index (χ0v) is 76.6. The van der Waals surface area contributed by atoms with Crippen molar-refractivity contribution >= 4 is 107 Å². The second-order valence-electron chi connectivity index (χ2n) is 35.3. The number of furan rings is 2. The van der Waals surface area contributed by atoms with Gasteiger partial charge in [0.1, 0.15) is 22.3 Å². The van der Waals surface area contributed by atoms with Crippen LogP contribution in [0.15, 0.2) is 464 Å². The molecule has 0 N–H and O–H groups in total. The maximum atomic E-state index is 6.05. The van der Waals surface area contributed by atoms with E-state index in [1.807, 2.05) is 40.9 Å². The second-order valence-corrected chi connectivity index (χ2v) is 37.5. The summed E-state index contributed by atoms with van der Waals surface area (Å²) in [5, 5.41) is 10.1. The topological polar surface area (TPSA) is 26.3 Å². The summed E-state index contributed by atoms with van der Waals surface area (Å²) in [6, 6.07) is 163. The number of benzene rings is 20. The Bertz CT molecular complexity index is 7940. The molecule has 4 heterocycles. The molecule has 0 fully saturated rings. The van der Waals surface area contributed by atoms with Gasteiger partial charge in [0.05, 0.1) is 0 Å². The van der Waals surface area contributed by atoms with E-state index in [9.17, 15) is 0 Å². The van der Waals surface area contributed by atoms with Crippen molar-refractivity contribution in [2.24, 2.45) is 0 Å². The van der Waals surface area contributed by atoms with E-state index in [4.69, 9.17) is 8.83 Å². The fraction of sp³-hybridized carbons (Fsp3) is 0.0625. The average Bonchev–Trinajstić information content (AvgIpc) is 1.57. The molecule has 0 saturated carbocycles. The summed E-state index contributed by atoms with van der Waals surface area (Å²) in [5.41, 5.74) is 41.0. The van der Waals surface area contributed by atoms with Gasteiger partial charge in [-0.05, 0) is 288 Å². The summed E-state index contributed by atoms with van der Waals surface area (Å²) in [5.74, 6) is 0. The standard InChI is InChI=1S/C28H24.2C25H18O.2C25H18S/c1-19-9-11-21(12-10-19)23-14-16-25-24-15-13-22(20-7-5-4-6-8-20)17-26(24)28(2,3)27(25)18-23;1-17-11-12-19(15-22(17)18-7-3-2-4-8-18)20-13-14-25-23(16-20)21-9-5-6-10-24(21)26-25;1-17-7-9-19(10-8-17)21-12-14-25-23(16-21)22-15-20(11-13-24(22)26-25)18-5-3-2-4-6-18;1-17-11-12-19(15-22(17)18-7-3-2-4-8-18)20-13-14-25-23(16-20)21-9-5-6-10-24(21)26-25;1-17-7-9-19(10-8-17)21-12-14-25-23(16-21)22-15-20(11-13-24(22)26-25)18-5-3-2-4-6-18/h4-18H,1-3H3;4*2-16H,1H3. The minimum absolute atomic E-state index is 0.00381. The van der Waals surface area contributed by atoms with Crippen LogP contribution in [0.25, 0.3) is 207 Å². The summed E-state index contributed by atoms with van der Waals surface area (Å²) in [4.78, 5) is 0. The molecular formula is C128H96O2S2. The number of rotatable bonds is 10.